The molecule has 0 fully saturated rings. The Morgan fingerprint density at radius 2 is 1.37 bits per heavy atom. The largest absolute Gasteiger partial charge is 0.416 e. The van der Waals surface area contributed by atoms with Gasteiger partial charge in [-0.2, -0.15) is 26.3 Å². The van der Waals surface area contributed by atoms with Gasteiger partial charge in [-0.3, -0.25) is 0 Å². The van der Waals surface area contributed by atoms with E-state index in [-0.39, 0.29) is 11.6 Å². The maximum Gasteiger partial charge on any atom is 0.416 e. The van der Waals surface area contributed by atoms with E-state index in [9.17, 15) is 31.4 Å². The Labute approximate surface area is 151 Å². The van der Waals surface area contributed by atoms with Crippen molar-refractivity contribution in [1.82, 2.24) is 0 Å². The topological polar surface area (TPSA) is 55.5 Å². The minimum atomic E-state index is -4.95. The van der Waals surface area contributed by atoms with Gasteiger partial charge >= 0.3 is 12.4 Å². The van der Waals surface area contributed by atoms with E-state index >= 15 is 0 Å². The molecule has 2 atom stereocenters. The summed E-state index contributed by atoms with van der Waals surface area (Å²) in [6.45, 7) is 0.692. The Balaban J connectivity index is 2.24. The normalized spacial score (nSPS) is 16.0. The summed E-state index contributed by atoms with van der Waals surface area (Å²) >= 11 is 0. The molecule has 0 spiro atoms. The monoisotopic (exact) mass is 393 g/mol. The van der Waals surface area contributed by atoms with Crippen LogP contribution in [0.4, 0.5) is 26.3 Å². The van der Waals surface area contributed by atoms with Crippen LogP contribution in [0.25, 0.3) is 0 Å². The second kappa shape index (κ2) is 7.49. The maximum absolute atomic E-state index is 12.9. The van der Waals surface area contributed by atoms with Gasteiger partial charge in [-0.25, -0.2) is 0 Å². The molecule has 0 heterocycles. The zero-order chi connectivity index (χ0) is 20.5. The first kappa shape index (κ1) is 21.2. The summed E-state index contributed by atoms with van der Waals surface area (Å²) in [7, 11) is 0. The lowest BCUT2D eigenvalue weighted by atomic mass is 9.94. The first-order valence-corrected chi connectivity index (χ1v) is 7.75. The number of ether oxygens (including phenoxy) is 1. The molecule has 0 amide bonds. The van der Waals surface area contributed by atoms with Crippen molar-refractivity contribution < 1.29 is 36.2 Å². The first-order valence-electron chi connectivity index (χ1n) is 7.75. The highest BCUT2D eigenvalue weighted by molar-refractivity contribution is 5.33. The number of nitrogens with two attached hydrogens (primary N) is 1. The molecule has 0 aromatic heterocycles. The average Bonchev–Trinajstić information content (AvgIpc) is 2.58. The fourth-order valence-corrected chi connectivity index (χ4v) is 2.39. The Bertz CT molecular complexity index is 739. The van der Waals surface area contributed by atoms with Gasteiger partial charge in [-0.1, -0.05) is 30.3 Å². The molecule has 3 nitrogen and oxygen atoms in total. The highest BCUT2D eigenvalue weighted by Gasteiger charge is 2.37. The molecule has 27 heavy (non-hydrogen) atoms. The smallest absolute Gasteiger partial charge is 0.381 e. The maximum atomic E-state index is 12.9. The van der Waals surface area contributed by atoms with Gasteiger partial charge in [0.25, 0.3) is 0 Å². The summed E-state index contributed by atoms with van der Waals surface area (Å²) in [5.41, 5.74) is 1.20. The van der Waals surface area contributed by atoms with E-state index in [4.69, 9.17) is 10.5 Å². The van der Waals surface area contributed by atoms with Crippen LogP contribution < -0.4 is 5.73 Å². The van der Waals surface area contributed by atoms with E-state index in [1.807, 2.05) is 0 Å². The molecule has 0 radical (unpaired) electrons. The molecule has 148 valence electrons. The Hall–Kier alpha value is -2.10. The molecule has 2 aromatic carbocycles. The van der Waals surface area contributed by atoms with Crippen LogP contribution in [-0.4, -0.2) is 11.3 Å². The number of hydrogen-bond donors (Lipinski definition) is 2. The van der Waals surface area contributed by atoms with Crippen molar-refractivity contribution in [2.45, 2.75) is 37.7 Å². The molecule has 0 bridgehead atoms. The fraction of sp³-hybridized carbons (Fsp3) is 0.333. The number of benzene rings is 2. The Morgan fingerprint density at radius 3 is 1.81 bits per heavy atom. The summed E-state index contributed by atoms with van der Waals surface area (Å²) in [5.74, 6) is 0. The van der Waals surface area contributed by atoms with Crippen LogP contribution >= 0.6 is 0 Å². The Kier molecular flexibility index (Phi) is 5.88. The predicted octanol–water partition coefficient (Wildman–Crippen LogP) is 4.43. The predicted molar refractivity (Wildman–Crippen MR) is 85.2 cm³/mol. The second-order valence-electron chi connectivity index (χ2n) is 6.16. The first-order chi connectivity index (χ1) is 12.3. The molecule has 2 aromatic rings. The van der Waals surface area contributed by atoms with Crippen molar-refractivity contribution in [3.63, 3.8) is 0 Å². The number of hydrogen-bond acceptors (Lipinski definition) is 3. The lowest BCUT2D eigenvalue weighted by Gasteiger charge is -2.30. The molecule has 0 aliphatic heterocycles. The van der Waals surface area contributed by atoms with E-state index in [0.29, 0.717) is 17.7 Å². The van der Waals surface area contributed by atoms with Crippen molar-refractivity contribution in [3.8, 4) is 0 Å². The van der Waals surface area contributed by atoms with Crippen LogP contribution in [0.3, 0.4) is 0 Å². The van der Waals surface area contributed by atoms with Crippen molar-refractivity contribution in [3.05, 3.63) is 70.8 Å². The van der Waals surface area contributed by atoms with Gasteiger partial charge < -0.3 is 15.6 Å². The number of aliphatic hydroxyl groups is 1. The third-order valence-corrected chi connectivity index (χ3v) is 3.99. The third-order valence-electron chi connectivity index (χ3n) is 3.99. The minimum Gasteiger partial charge on any atom is -0.381 e. The van der Waals surface area contributed by atoms with Crippen LogP contribution in [0.5, 0.6) is 0 Å². The van der Waals surface area contributed by atoms with E-state index in [1.54, 1.807) is 30.3 Å². The Morgan fingerprint density at radius 1 is 0.889 bits per heavy atom. The van der Waals surface area contributed by atoms with E-state index in [2.05, 4.69) is 0 Å². The average molecular weight is 393 g/mol. The molecule has 0 saturated carbocycles. The SMILES string of the molecule is CC(O)(c1ccccc1)C(N)OCc1cc(C(F)(F)F)cc(C(F)(F)F)c1. The summed E-state index contributed by atoms with van der Waals surface area (Å²) in [5, 5.41) is 10.5. The molecule has 0 saturated heterocycles. The highest BCUT2D eigenvalue weighted by Crippen LogP contribution is 2.36. The van der Waals surface area contributed by atoms with Crippen LogP contribution in [-0.2, 0) is 29.3 Å². The lowest BCUT2D eigenvalue weighted by Crippen LogP contribution is -2.45. The van der Waals surface area contributed by atoms with Gasteiger partial charge in [0.2, 0.25) is 0 Å². The molecule has 0 aliphatic carbocycles. The van der Waals surface area contributed by atoms with Crippen LogP contribution in [0.1, 0.15) is 29.2 Å². The zero-order valence-electron chi connectivity index (χ0n) is 14.1. The van der Waals surface area contributed by atoms with Crippen molar-refractivity contribution in [2.24, 2.45) is 5.73 Å². The summed E-state index contributed by atoms with van der Waals surface area (Å²) < 4.78 is 82.4. The van der Waals surface area contributed by atoms with Gasteiger partial charge in [0.05, 0.1) is 17.7 Å². The number of alkyl halides is 6. The summed E-state index contributed by atoms with van der Waals surface area (Å²) in [4.78, 5) is 0. The summed E-state index contributed by atoms with van der Waals surface area (Å²) in [6.07, 6.45) is -11.3. The molecular formula is C18H17F6NO2. The van der Waals surface area contributed by atoms with Crippen molar-refractivity contribution >= 4 is 0 Å². The van der Waals surface area contributed by atoms with Crippen LogP contribution in [0.15, 0.2) is 48.5 Å². The molecule has 9 heteroatoms. The van der Waals surface area contributed by atoms with Crippen LogP contribution in [0, 0.1) is 0 Å². The molecule has 3 N–H and O–H groups in total. The van der Waals surface area contributed by atoms with E-state index in [1.165, 1.54) is 6.92 Å². The summed E-state index contributed by atoms with van der Waals surface area (Å²) in [6, 6.07) is 9.25. The quantitative estimate of drug-likeness (QED) is 0.584. The second-order valence-corrected chi connectivity index (χ2v) is 6.16. The van der Waals surface area contributed by atoms with Gasteiger partial charge in [-0.05, 0) is 36.2 Å². The van der Waals surface area contributed by atoms with Crippen molar-refractivity contribution in [1.29, 1.82) is 0 Å². The standard InChI is InChI=1S/C18H17F6NO2/c1-16(26,12-5-3-2-4-6-12)15(25)27-10-11-7-13(17(19,20)21)9-14(8-11)18(22,23)24/h2-9,15,26H,10,25H2,1H3. The fourth-order valence-electron chi connectivity index (χ4n) is 2.39. The van der Waals surface area contributed by atoms with Gasteiger partial charge in [0.1, 0.15) is 11.8 Å². The zero-order valence-corrected chi connectivity index (χ0v) is 14.1. The number of rotatable bonds is 5. The van der Waals surface area contributed by atoms with E-state index in [0.717, 1.165) is 0 Å². The van der Waals surface area contributed by atoms with Gasteiger partial charge in [0.15, 0.2) is 0 Å². The third kappa shape index (κ3) is 5.21. The highest BCUT2D eigenvalue weighted by atomic mass is 19.4. The lowest BCUT2D eigenvalue weighted by molar-refractivity contribution is -0.143. The van der Waals surface area contributed by atoms with Crippen LogP contribution in [0.2, 0.25) is 0 Å². The molecule has 2 unspecified atom stereocenters. The molecule has 0 aliphatic rings. The van der Waals surface area contributed by atoms with Gasteiger partial charge in [0, 0.05) is 0 Å². The number of halogens is 6. The van der Waals surface area contributed by atoms with Crippen molar-refractivity contribution in [2.75, 3.05) is 0 Å². The minimum absolute atomic E-state index is 0.0313. The van der Waals surface area contributed by atoms with Gasteiger partial charge in [-0.15, -0.1) is 0 Å². The molecule has 2 rings (SSSR count). The van der Waals surface area contributed by atoms with E-state index < -0.39 is 41.9 Å². The molecular weight excluding hydrogens is 376 g/mol.